The highest BCUT2D eigenvalue weighted by atomic mass is 32.2. The molecule has 10 heteroatoms. The van der Waals surface area contributed by atoms with Crippen LogP contribution in [0, 0.1) is 17.0 Å². The van der Waals surface area contributed by atoms with Gasteiger partial charge in [-0.1, -0.05) is 29.8 Å². The Labute approximate surface area is 176 Å². The van der Waals surface area contributed by atoms with Crippen LogP contribution in [0.25, 0.3) is 0 Å². The van der Waals surface area contributed by atoms with Crippen LogP contribution in [-0.4, -0.2) is 58.1 Å². The molecule has 3 rings (SSSR count). The Hall–Kier alpha value is -2.53. The van der Waals surface area contributed by atoms with Gasteiger partial charge in [-0.25, -0.2) is 13.1 Å². The highest BCUT2D eigenvalue weighted by Crippen LogP contribution is 2.31. The van der Waals surface area contributed by atoms with Crippen molar-refractivity contribution in [2.45, 2.75) is 17.9 Å². The molecule has 0 bridgehead atoms. The first kappa shape index (κ1) is 22.2. The summed E-state index contributed by atoms with van der Waals surface area (Å²) in [6.45, 7) is 5.51. The summed E-state index contributed by atoms with van der Waals surface area (Å²) in [5, 5.41) is 14.9. The molecule has 30 heavy (non-hydrogen) atoms. The van der Waals surface area contributed by atoms with Gasteiger partial charge in [0.05, 0.1) is 29.1 Å². The lowest BCUT2D eigenvalue weighted by atomic mass is 10.0. The molecule has 0 amide bonds. The van der Waals surface area contributed by atoms with E-state index in [1.54, 1.807) is 0 Å². The molecule has 2 aromatic rings. The first-order valence-electron chi connectivity index (χ1n) is 9.65. The number of hydrogen-bond donors (Lipinski definition) is 2. The SMILES string of the molecule is CNS(=O)(=O)c1ccc(NC(CN2CCOCC2)c2ccc(C)cc2)c([N+](=O)[O-])c1. The molecule has 1 aliphatic heterocycles. The van der Waals surface area contributed by atoms with Gasteiger partial charge >= 0.3 is 0 Å². The number of hydrogen-bond acceptors (Lipinski definition) is 7. The topological polar surface area (TPSA) is 114 Å². The van der Waals surface area contributed by atoms with Crippen molar-refractivity contribution in [2.24, 2.45) is 0 Å². The lowest BCUT2D eigenvalue weighted by Gasteiger charge is -2.31. The number of rotatable bonds is 8. The maximum Gasteiger partial charge on any atom is 0.293 e. The van der Waals surface area contributed by atoms with E-state index in [2.05, 4.69) is 14.9 Å². The largest absolute Gasteiger partial charge is 0.379 e. The summed E-state index contributed by atoms with van der Waals surface area (Å²) in [6, 6.07) is 11.7. The maximum absolute atomic E-state index is 12.1. The number of aryl methyl sites for hydroxylation is 1. The predicted octanol–water partition coefficient (Wildman–Crippen LogP) is 2.30. The molecule has 162 valence electrons. The van der Waals surface area contributed by atoms with E-state index in [1.807, 2.05) is 31.2 Å². The van der Waals surface area contributed by atoms with E-state index in [-0.39, 0.29) is 22.3 Å². The first-order chi connectivity index (χ1) is 14.3. The third-order valence-corrected chi connectivity index (χ3v) is 6.51. The maximum atomic E-state index is 12.1. The van der Waals surface area contributed by atoms with Crippen LogP contribution in [0.4, 0.5) is 11.4 Å². The Morgan fingerprint density at radius 3 is 2.43 bits per heavy atom. The Bertz CT molecular complexity index is 989. The van der Waals surface area contributed by atoms with Crippen molar-refractivity contribution in [2.75, 3.05) is 45.2 Å². The zero-order chi connectivity index (χ0) is 21.7. The van der Waals surface area contributed by atoms with E-state index in [0.717, 1.165) is 30.3 Å². The molecular weight excluding hydrogens is 408 g/mol. The second-order valence-corrected chi connectivity index (χ2v) is 9.05. The molecule has 0 aromatic heterocycles. The van der Waals surface area contributed by atoms with Crippen LogP contribution < -0.4 is 10.0 Å². The standard InChI is InChI=1S/C20H26N4O5S/c1-15-3-5-16(6-4-15)19(14-23-9-11-29-12-10-23)22-18-8-7-17(30(27,28)21-2)13-20(18)24(25)26/h3-8,13,19,21-22H,9-12,14H2,1-2H3. The third kappa shape index (κ3) is 5.33. The highest BCUT2D eigenvalue weighted by Gasteiger charge is 2.24. The monoisotopic (exact) mass is 434 g/mol. The Balaban J connectivity index is 1.94. The molecular formula is C20H26N4O5S. The van der Waals surface area contributed by atoms with Crippen LogP contribution in [0.3, 0.4) is 0 Å². The van der Waals surface area contributed by atoms with Crippen LogP contribution in [0.5, 0.6) is 0 Å². The highest BCUT2D eigenvalue weighted by molar-refractivity contribution is 7.89. The van der Waals surface area contributed by atoms with Crippen LogP contribution in [0.2, 0.25) is 0 Å². The van der Waals surface area contributed by atoms with Gasteiger partial charge in [-0.15, -0.1) is 0 Å². The zero-order valence-corrected chi connectivity index (χ0v) is 17.8. The molecule has 0 saturated carbocycles. The fraction of sp³-hybridized carbons (Fsp3) is 0.400. The minimum Gasteiger partial charge on any atom is -0.379 e. The Kier molecular flexibility index (Phi) is 7.03. The second kappa shape index (κ2) is 9.52. The zero-order valence-electron chi connectivity index (χ0n) is 17.0. The summed E-state index contributed by atoms with van der Waals surface area (Å²) in [5.74, 6) is 0. The van der Waals surface area contributed by atoms with Gasteiger partial charge in [0.15, 0.2) is 0 Å². The smallest absolute Gasteiger partial charge is 0.293 e. The molecule has 2 N–H and O–H groups in total. The summed E-state index contributed by atoms with van der Waals surface area (Å²) in [5.41, 5.74) is 2.10. The number of anilines is 1. The van der Waals surface area contributed by atoms with Crippen molar-refractivity contribution >= 4 is 21.4 Å². The molecule has 1 heterocycles. The lowest BCUT2D eigenvalue weighted by Crippen LogP contribution is -2.40. The van der Waals surface area contributed by atoms with Gasteiger partial charge in [0.1, 0.15) is 5.69 Å². The number of nitrogens with zero attached hydrogens (tertiary/aromatic N) is 2. The number of nitro benzene ring substituents is 1. The third-order valence-electron chi connectivity index (χ3n) is 5.10. The van der Waals surface area contributed by atoms with Gasteiger partial charge in [0.25, 0.3) is 5.69 Å². The van der Waals surface area contributed by atoms with Gasteiger partial charge in [0.2, 0.25) is 10.0 Å². The Morgan fingerprint density at radius 1 is 1.17 bits per heavy atom. The normalized spacial score (nSPS) is 16.2. The minimum absolute atomic E-state index is 0.151. The van der Waals surface area contributed by atoms with Gasteiger partial charge in [-0.05, 0) is 31.7 Å². The van der Waals surface area contributed by atoms with Crippen LogP contribution in [0.1, 0.15) is 17.2 Å². The van der Waals surface area contributed by atoms with Crippen molar-refractivity contribution in [3.63, 3.8) is 0 Å². The summed E-state index contributed by atoms with van der Waals surface area (Å²) in [6.07, 6.45) is 0. The Morgan fingerprint density at radius 2 is 1.83 bits per heavy atom. The molecule has 1 atom stereocenters. The van der Waals surface area contributed by atoms with Crippen LogP contribution in [0.15, 0.2) is 47.4 Å². The summed E-state index contributed by atoms with van der Waals surface area (Å²) in [4.78, 5) is 13.2. The average molecular weight is 435 g/mol. The predicted molar refractivity (Wildman–Crippen MR) is 114 cm³/mol. The quantitative estimate of drug-likeness (QED) is 0.484. The molecule has 1 fully saturated rings. The van der Waals surface area contributed by atoms with E-state index in [4.69, 9.17) is 4.74 Å². The minimum atomic E-state index is -3.78. The number of sulfonamides is 1. The summed E-state index contributed by atoms with van der Waals surface area (Å²) in [7, 11) is -2.52. The molecule has 0 spiro atoms. The van der Waals surface area contributed by atoms with Gasteiger partial charge in [0, 0.05) is 25.7 Å². The van der Waals surface area contributed by atoms with E-state index in [9.17, 15) is 18.5 Å². The van der Waals surface area contributed by atoms with Crippen LogP contribution >= 0.6 is 0 Å². The molecule has 0 aliphatic carbocycles. The molecule has 9 nitrogen and oxygen atoms in total. The molecule has 1 saturated heterocycles. The number of ether oxygens (including phenoxy) is 1. The molecule has 2 aromatic carbocycles. The fourth-order valence-electron chi connectivity index (χ4n) is 3.33. The average Bonchev–Trinajstić information content (AvgIpc) is 2.74. The van der Waals surface area contributed by atoms with Crippen molar-refractivity contribution in [1.82, 2.24) is 9.62 Å². The molecule has 0 radical (unpaired) electrons. The van der Waals surface area contributed by atoms with E-state index in [0.29, 0.717) is 19.8 Å². The van der Waals surface area contributed by atoms with Crippen molar-refractivity contribution in [1.29, 1.82) is 0 Å². The van der Waals surface area contributed by atoms with E-state index in [1.165, 1.54) is 19.2 Å². The van der Waals surface area contributed by atoms with Crippen LogP contribution in [-0.2, 0) is 14.8 Å². The lowest BCUT2D eigenvalue weighted by molar-refractivity contribution is -0.384. The fourth-order valence-corrected chi connectivity index (χ4v) is 4.08. The second-order valence-electron chi connectivity index (χ2n) is 7.16. The number of nitrogens with one attached hydrogen (secondary N) is 2. The first-order valence-corrected chi connectivity index (χ1v) is 11.1. The number of nitro groups is 1. The summed E-state index contributed by atoms with van der Waals surface area (Å²) < 4.78 is 31.7. The number of benzene rings is 2. The molecule has 1 aliphatic rings. The van der Waals surface area contributed by atoms with Gasteiger partial charge in [-0.3, -0.25) is 15.0 Å². The van der Waals surface area contributed by atoms with Gasteiger partial charge < -0.3 is 10.1 Å². The van der Waals surface area contributed by atoms with E-state index >= 15 is 0 Å². The van der Waals surface area contributed by atoms with Gasteiger partial charge in [-0.2, -0.15) is 0 Å². The van der Waals surface area contributed by atoms with Crippen molar-refractivity contribution < 1.29 is 18.1 Å². The summed E-state index contributed by atoms with van der Waals surface area (Å²) >= 11 is 0. The van der Waals surface area contributed by atoms with Crippen molar-refractivity contribution in [3.05, 3.63) is 63.7 Å². The van der Waals surface area contributed by atoms with Crippen molar-refractivity contribution in [3.8, 4) is 0 Å². The number of morpholine rings is 1. The van der Waals surface area contributed by atoms with E-state index < -0.39 is 14.9 Å². The molecule has 1 unspecified atom stereocenters.